The Kier molecular flexibility index (Phi) is 12.2. The Balaban J connectivity index is 1.39. The molecule has 228 valence electrons. The third-order valence-electron chi connectivity index (χ3n) is 6.99. The first-order chi connectivity index (χ1) is 20.8. The second-order valence-corrected chi connectivity index (χ2v) is 11.6. The molecule has 10 heteroatoms. The maximum absolute atomic E-state index is 12.3. The van der Waals surface area contributed by atoms with Gasteiger partial charge in [0, 0.05) is 53.8 Å². The number of nitrogens with one attached hydrogen (secondary N) is 2. The summed E-state index contributed by atoms with van der Waals surface area (Å²) in [6.45, 7) is 1.46. The van der Waals surface area contributed by atoms with E-state index in [1.807, 2.05) is 72.8 Å². The van der Waals surface area contributed by atoms with Gasteiger partial charge in [0.1, 0.15) is 0 Å². The number of hydrogen-bond acceptors (Lipinski definition) is 7. The van der Waals surface area contributed by atoms with Crippen LogP contribution in [0.3, 0.4) is 0 Å². The van der Waals surface area contributed by atoms with Gasteiger partial charge in [0.15, 0.2) is 6.29 Å². The van der Waals surface area contributed by atoms with Crippen molar-refractivity contribution < 1.29 is 34.1 Å². The molecule has 4 N–H and O–H groups in total. The highest BCUT2D eigenvalue weighted by molar-refractivity contribution is 7.99. The van der Waals surface area contributed by atoms with Gasteiger partial charge in [-0.15, -0.1) is 11.8 Å². The van der Waals surface area contributed by atoms with Crippen molar-refractivity contribution in [3.8, 4) is 0 Å². The van der Waals surface area contributed by atoms with Gasteiger partial charge in [-0.1, -0.05) is 42.8 Å². The molecule has 0 unspecified atom stereocenters. The number of hydrogen-bond donors (Lipinski definition) is 4. The standard InChI is InChI=1S/C33H38N2O7S/c1-22(37)34-26-15-17-29(18-16-26)43-21-28-19-30(24-9-7-23(20-36)8-10-24)42-33(41-28)25-11-13-27(14-12-25)35-31(38)5-3-2-4-6-32(39)40/h7-18,28,30,33,36H,2-6,19-21H2,1H3,(H,34,37)(H,35,38)(H,39,40)/t28-,30+,33+/m0/s1. The van der Waals surface area contributed by atoms with Crippen LogP contribution in [-0.4, -0.2) is 39.9 Å². The number of rotatable bonds is 14. The highest BCUT2D eigenvalue weighted by Crippen LogP contribution is 2.39. The summed E-state index contributed by atoms with van der Waals surface area (Å²) in [4.78, 5) is 35.3. The third kappa shape index (κ3) is 10.5. The van der Waals surface area contributed by atoms with Crippen LogP contribution in [0, 0.1) is 0 Å². The van der Waals surface area contributed by atoms with E-state index in [0.29, 0.717) is 43.5 Å². The Morgan fingerprint density at radius 2 is 1.44 bits per heavy atom. The molecule has 9 nitrogen and oxygen atoms in total. The molecular formula is C33H38N2O7S. The lowest BCUT2D eigenvalue weighted by Gasteiger charge is -2.36. The number of thioether (sulfide) groups is 1. The number of aliphatic hydroxyl groups excluding tert-OH is 1. The maximum Gasteiger partial charge on any atom is 0.303 e. The van der Waals surface area contributed by atoms with E-state index in [2.05, 4.69) is 10.6 Å². The maximum atomic E-state index is 12.3. The van der Waals surface area contributed by atoms with Gasteiger partial charge in [-0.3, -0.25) is 14.4 Å². The predicted molar refractivity (Wildman–Crippen MR) is 166 cm³/mol. The molecule has 0 bridgehead atoms. The number of carboxylic acid groups (broad SMARTS) is 1. The number of unbranched alkanes of at least 4 members (excludes halogenated alkanes) is 2. The zero-order valence-corrected chi connectivity index (χ0v) is 25.0. The van der Waals surface area contributed by atoms with Crippen LogP contribution in [-0.2, 0) is 30.5 Å². The lowest BCUT2D eigenvalue weighted by molar-refractivity contribution is -0.245. The minimum atomic E-state index is -0.819. The molecule has 0 aromatic heterocycles. The van der Waals surface area contributed by atoms with Crippen molar-refractivity contribution in [3.05, 3.63) is 89.5 Å². The fraction of sp³-hybridized carbons (Fsp3) is 0.364. The molecule has 1 heterocycles. The number of aliphatic hydroxyl groups is 1. The van der Waals surface area contributed by atoms with Crippen LogP contribution in [0.1, 0.15) is 74.5 Å². The third-order valence-corrected chi connectivity index (χ3v) is 8.13. The summed E-state index contributed by atoms with van der Waals surface area (Å²) < 4.78 is 12.8. The predicted octanol–water partition coefficient (Wildman–Crippen LogP) is 6.45. The van der Waals surface area contributed by atoms with Crippen LogP contribution in [0.5, 0.6) is 0 Å². The van der Waals surface area contributed by atoms with Gasteiger partial charge in [0.25, 0.3) is 0 Å². The Hall–Kier alpha value is -3.70. The molecule has 0 saturated carbocycles. The summed E-state index contributed by atoms with van der Waals surface area (Å²) in [6.07, 6.45) is 2.09. The zero-order chi connectivity index (χ0) is 30.6. The van der Waals surface area contributed by atoms with Crippen LogP contribution in [0.4, 0.5) is 11.4 Å². The van der Waals surface area contributed by atoms with Crippen molar-refractivity contribution in [3.63, 3.8) is 0 Å². The summed E-state index contributed by atoms with van der Waals surface area (Å²) in [5, 5.41) is 23.8. The van der Waals surface area contributed by atoms with E-state index in [-0.39, 0.29) is 37.0 Å². The molecule has 1 saturated heterocycles. The lowest BCUT2D eigenvalue weighted by Crippen LogP contribution is -2.31. The highest BCUT2D eigenvalue weighted by Gasteiger charge is 2.32. The Bertz CT molecular complexity index is 1350. The van der Waals surface area contributed by atoms with Crippen LogP contribution < -0.4 is 10.6 Å². The average Bonchev–Trinajstić information content (AvgIpc) is 3.00. The number of aliphatic carboxylic acids is 1. The molecule has 4 rings (SSSR count). The molecule has 3 atom stereocenters. The van der Waals surface area contributed by atoms with Gasteiger partial charge in [-0.25, -0.2) is 0 Å². The SMILES string of the molecule is CC(=O)Nc1ccc(SC[C@@H]2C[C@H](c3ccc(CO)cc3)O[C@H](c3ccc(NC(=O)CCCCCC(=O)O)cc3)O2)cc1. The van der Waals surface area contributed by atoms with Crippen LogP contribution >= 0.6 is 11.8 Å². The first kappa shape index (κ1) is 32.2. The summed E-state index contributed by atoms with van der Waals surface area (Å²) in [5.41, 5.74) is 4.09. The Labute approximate surface area is 256 Å². The van der Waals surface area contributed by atoms with Crippen molar-refractivity contribution in [1.29, 1.82) is 0 Å². The van der Waals surface area contributed by atoms with Crippen LogP contribution in [0.15, 0.2) is 77.7 Å². The smallest absolute Gasteiger partial charge is 0.303 e. The first-order valence-corrected chi connectivity index (χ1v) is 15.4. The molecule has 0 spiro atoms. The monoisotopic (exact) mass is 606 g/mol. The number of amides is 2. The van der Waals surface area contributed by atoms with Gasteiger partial charge in [0.2, 0.25) is 11.8 Å². The second kappa shape index (κ2) is 16.2. The molecule has 1 fully saturated rings. The van der Waals surface area contributed by atoms with E-state index in [9.17, 15) is 19.5 Å². The summed E-state index contributed by atoms with van der Waals surface area (Å²) >= 11 is 1.67. The fourth-order valence-electron chi connectivity index (χ4n) is 4.74. The van der Waals surface area contributed by atoms with Gasteiger partial charge in [-0.05, 0) is 60.4 Å². The van der Waals surface area contributed by atoms with E-state index in [1.54, 1.807) is 11.8 Å². The number of anilines is 2. The molecule has 1 aliphatic rings. The van der Waals surface area contributed by atoms with Crippen LogP contribution in [0.25, 0.3) is 0 Å². The van der Waals surface area contributed by atoms with Crippen molar-refractivity contribution in [1.82, 2.24) is 0 Å². The fourth-order valence-corrected chi connectivity index (χ4v) is 5.66. The Morgan fingerprint density at radius 3 is 2.09 bits per heavy atom. The van der Waals surface area contributed by atoms with Gasteiger partial charge < -0.3 is 30.3 Å². The van der Waals surface area contributed by atoms with E-state index in [0.717, 1.165) is 27.3 Å². The number of carboxylic acids is 1. The van der Waals surface area contributed by atoms with Crippen LogP contribution in [0.2, 0.25) is 0 Å². The number of ether oxygens (including phenoxy) is 2. The largest absolute Gasteiger partial charge is 0.481 e. The van der Waals surface area contributed by atoms with Crippen molar-refractivity contribution in [2.75, 3.05) is 16.4 Å². The Morgan fingerprint density at radius 1 is 0.814 bits per heavy atom. The van der Waals surface area contributed by atoms with E-state index in [1.165, 1.54) is 6.92 Å². The minimum absolute atomic E-state index is 0.0227. The van der Waals surface area contributed by atoms with E-state index >= 15 is 0 Å². The quantitative estimate of drug-likeness (QED) is 0.122. The first-order valence-electron chi connectivity index (χ1n) is 14.4. The molecule has 3 aromatic carbocycles. The van der Waals surface area contributed by atoms with Crippen molar-refractivity contribution in [2.24, 2.45) is 0 Å². The zero-order valence-electron chi connectivity index (χ0n) is 24.2. The average molecular weight is 607 g/mol. The molecule has 43 heavy (non-hydrogen) atoms. The minimum Gasteiger partial charge on any atom is -0.481 e. The molecule has 0 radical (unpaired) electrons. The number of carbonyl (C=O) groups excluding carboxylic acids is 2. The van der Waals surface area contributed by atoms with Gasteiger partial charge in [0.05, 0.1) is 18.8 Å². The molecule has 3 aromatic rings. The summed E-state index contributed by atoms with van der Waals surface area (Å²) in [6, 6.07) is 22.9. The van der Waals surface area contributed by atoms with Crippen molar-refractivity contribution >= 4 is 40.9 Å². The normalized spacial score (nSPS) is 18.1. The molecule has 0 aliphatic carbocycles. The van der Waals surface area contributed by atoms with Gasteiger partial charge in [-0.2, -0.15) is 0 Å². The molecule has 2 amide bonds. The number of benzene rings is 3. The highest BCUT2D eigenvalue weighted by atomic mass is 32.2. The second-order valence-electron chi connectivity index (χ2n) is 10.5. The number of carbonyl (C=O) groups is 3. The summed E-state index contributed by atoms with van der Waals surface area (Å²) in [5.74, 6) is -0.339. The van der Waals surface area contributed by atoms with E-state index in [4.69, 9.17) is 14.6 Å². The summed E-state index contributed by atoms with van der Waals surface area (Å²) in [7, 11) is 0. The van der Waals surface area contributed by atoms with Crippen molar-refractivity contribution in [2.45, 2.75) is 75.4 Å². The van der Waals surface area contributed by atoms with Gasteiger partial charge >= 0.3 is 5.97 Å². The topological polar surface area (TPSA) is 134 Å². The lowest BCUT2D eigenvalue weighted by atomic mass is 10.0. The molecule has 1 aliphatic heterocycles. The van der Waals surface area contributed by atoms with E-state index < -0.39 is 12.3 Å². The molecular weight excluding hydrogens is 568 g/mol.